The zero-order chi connectivity index (χ0) is 19.2. The zero-order valence-electron chi connectivity index (χ0n) is 15.2. The number of nitrogens with one attached hydrogen (secondary N) is 3. The van der Waals surface area contributed by atoms with Gasteiger partial charge in [-0.25, -0.2) is 18.1 Å². The van der Waals surface area contributed by atoms with Crippen molar-refractivity contribution in [3.05, 3.63) is 29.3 Å². The van der Waals surface area contributed by atoms with Crippen LogP contribution in [0.15, 0.2) is 23.1 Å². The van der Waals surface area contributed by atoms with E-state index in [1.807, 2.05) is 18.9 Å². The first kappa shape index (κ1) is 20.3. The number of hydrogen-bond acceptors (Lipinski definition) is 5. The standard InChI is InChI=1S/C17H26N4O4S/c1-13-6-7-15(10-14(13)2)26(24,25)19-12-16(22)18-11-17(23)20-21-8-4-3-5-9-21/h6-7,10,19H,3-5,8-9,11-12H2,1-2H3,(H,18,22)(H,20,23). The van der Waals surface area contributed by atoms with Crippen LogP contribution in [0.5, 0.6) is 0 Å². The predicted molar refractivity (Wildman–Crippen MR) is 97.7 cm³/mol. The number of hydrazine groups is 1. The number of benzene rings is 1. The molecule has 0 aromatic heterocycles. The molecular formula is C17H26N4O4S. The van der Waals surface area contributed by atoms with Crippen LogP contribution in [0.3, 0.4) is 0 Å². The van der Waals surface area contributed by atoms with Gasteiger partial charge in [-0.1, -0.05) is 12.5 Å². The second-order valence-electron chi connectivity index (χ2n) is 6.43. The van der Waals surface area contributed by atoms with E-state index in [1.54, 1.807) is 12.1 Å². The quantitative estimate of drug-likeness (QED) is 0.625. The van der Waals surface area contributed by atoms with Crippen LogP contribution < -0.4 is 15.5 Å². The van der Waals surface area contributed by atoms with Gasteiger partial charge in [0.15, 0.2) is 0 Å². The molecule has 0 saturated carbocycles. The van der Waals surface area contributed by atoms with Crippen LogP contribution in [0.1, 0.15) is 30.4 Å². The molecule has 3 N–H and O–H groups in total. The number of aryl methyl sites for hydroxylation is 2. The summed E-state index contributed by atoms with van der Waals surface area (Å²) in [4.78, 5) is 23.7. The Morgan fingerprint density at radius 1 is 1.00 bits per heavy atom. The predicted octanol–water partition coefficient (Wildman–Crippen LogP) is 0.215. The van der Waals surface area contributed by atoms with E-state index in [-0.39, 0.29) is 17.3 Å². The Morgan fingerprint density at radius 3 is 2.35 bits per heavy atom. The smallest absolute Gasteiger partial charge is 0.253 e. The molecule has 1 fully saturated rings. The van der Waals surface area contributed by atoms with E-state index in [1.165, 1.54) is 6.07 Å². The molecule has 1 aromatic rings. The van der Waals surface area contributed by atoms with Crippen molar-refractivity contribution in [1.82, 2.24) is 20.5 Å². The molecule has 0 unspecified atom stereocenters. The molecule has 0 atom stereocenters. The van der Waals surface area contributed by atoms with E-state index in [4.69, 9.17) is 0 Å². The number of sulfonamides is 1. The van der Waals surface area contributed by atoms with Gasteiger partial charge < -0.3 is 5.32 Å². The monoisotopic (exact) mass is 382 g/mol. The van der Waals surface area contributed by atoms with E-state index < -0.39 is 22.5 Å². The highest BCUT2D eigenvalue weighted by molar-refractivity contribution is 7.89. The summed E-state index contributed by atoms with van der Waals surface area (Å²) >= 11 is 0. The summed E-state index contributed by atoms with van der Waals surface area (Å²) in [6, 6.07) is 4.77. The number of carbonyl (C=O) groups is 2. The largest absolute Gasteiger partial charge is 0.346 e. The number of amides is 2. The Kier molecular flexibility index (Phi) is 7.13. The number of nitrogens with zero attached hydrogens (tertiary/aromatic N) is 1. The maximum Gasteiger partial charge on any atom is 0.253 e. The van der Waals surface area contributed by atoms with Gasteiger partial charge in [-0.15, -0.1) is 0 Å². The first-order valence-electron chi connectivity index (χ1n) is 8.66. The number of hydrogen-bond donors (Lipinski definition) is 3. The van der Waals surface area contributed by atoms with Crippen molar-refractivity contribution < 1.29 is 18.0 Å². The first-order chi connectivity index (χ1) is 12.3. The van der Waals surface area contributed by atoms with Crippen LogP contribution in [0.25, 0.3) is 0 Å². The molecule has 1 aliphatic heterocycles. The molecule has 1 aromatic carbocycles. The van der Waals surface area contributed by atoms with Crippen molar-refractivity contribution in [1.29, 1.82) is 0 Å². The molecule has 1 heterocycles. The van der Waals surface area contributed by atoms with Gasteiger partial charge in [-0.2, -0.15) is 0 Å². The lowest BCUT2D eigenvalue weighted by atomic mass is 10.1. The van der Waals surface area contributed by atoms with E-state index >= 15 is 0 Å². The van der Waals surface area contributed by atoms with Crippen LogP contribution in [0.4, 0.5) is 0 Å². The van der Waals surface area contributed by atoms with Crippen molar-refractivity contribution in [3.63, 3.8) is 0 Å². The Morgan fingerprint density at radius 2 is 1.69 bits per heavy atom. The highest BCUT2D eigenvalue weighted by atomic mass is 32.2. The molecule has 1 saturated heterocycles. The lowest BCUT2D eigenvalue weighted by molar-refractivity contribution is -0.128. The van der Waals surface area contributed by atoms with E-state index in [0.717, 1.165) is 43.5 Å². The highest BCUT2D eigenvalue weighted by Crippen LogP contribution is 2.14. The molecule has 26 heavy (non-hydrogen) atoms. The first-order valence-corrected chi connectivity index (χ1v) is 10.1. The van der Waals surface area contributed by atoms with Gasteiger partial charge in [0.2, 0.25) is 15.9 Å². The molecular weight excluding hydrogens is 356 g/mol. The third kappa shape index (κ3) is 6.08. The number of rotatable bonds is 7. The van der Waals surface area contributed by atoms with Gasteiger partial charge in [0, 0.05) is 13.1 Å². The van der Waals surface area contributed by atoms with Gasteiger partial charge in [-0.05, 0) is 49.9 Å². The molecule has 8 nitrogen and oxygen atoms in total. The van der Waals surface area contributed by atoms with Crippen molar-refractivity contribution in [2.24, 2.45) is 0 Å². The Hall–Kier alpha value is -1.97. The third-order valence-electron chi connectivity index (χ3n) is 4.30. The van der Waals surface area contributed by atoms with Gasteiger partial charge >= 0.3 is 0 Å². The summed E-state index contributed by atoms with van der Waals surface area (Å²) in [6.45, 7) is 4.70. The average molecular weight is 382 g/mol. The van der Waals surface area contributed by atoms with Crippen molar-refractivity contribution in [2.45, 2.75) is 38.0 Å². The highest BCUT2D eigenvalue weighted by Gasteiger charge is 2.17. The van der Waals surface area contributed by atoms with E-state index in [2.05, 4.69) is 15.5 Å². The molecule has 9 heteroatoms. The second kappa shape index (κ2) is 9.11. The fourth-order valence-electron chi connectivity index (χ4n) is 2.59. The minimum Gasteiger partial charge on any atom is -0.346 e. The summed E-state index contributed by atoms with van der Waals surface area (Å²) in [5.74, 6) is -0.886. The Balaban J connectivity index is 1.76. The fourth-order valence-corrected chi connectivity index (χ4v) is 3.65. The number of piperidine rings is 1. The molecule has 2 rings (SSSR count). The van der Waals surface area contributed by atoms with Crippen molar-refractivity contribution in [3.8, 4) is 0 Å². The molecule has 0 bridgehead atoms. The van der Waals surface area contributed by atoms with Crippen LogP contribution in [-0.4, -0.2) is 51.4 Å². The third-order valence-corrected chi connectivity index (χ3v) is 5.70. The summed E-state index contributed by atoms with van der Waals surface area (Å²) in [5.41, 5.74) is 4.57. The lowest BCUT2D eigenvalue weighted by Gasteiger charge is -2.26. The van der Waals surface area contributed by atoms with E-state index in [0.29, 0.717) is 0 Å². The maximum atomic E-state index is 12.2. The Bertz CT molecular complexity index is 758. The van der Waals surface area contributed by atoms with Gasteiger partial charge in [0.1, 0.15) is 0 Å². The summed E-state index contributed by atoms with van der Waals surface area (Å²) in [7, 11) is -3.78. The fraction of sp³-hybridized carbons (Fsp3) is 0.529. The topological polar surface area (TPSA) is 108 Å². The minimum absolute atomic E-state index is 0.108. The van der Waals surface area contributed by atoms with Gasteiger partial charge in [0.25, 0.3) is 5.91 Å². The SMILES string of the molecule is Cc1ccc(S(=O)(=O)NCC(=O)NCC(=O)NN2CCCCC2)cc1C. The molecule has 0 spiro atoms. The summed E-state index contributed by atoms with van der Waals surface area (Å²) in [6.07, 6.45) is 3.23. The van der Waals surface area contributed by atoms with Gasteiger partial charge in [-0.3, -0.25) is 15.0 Å². The van der Waals surface area contributed by atoms with E-state index in [9.17, 15) is 18.0 Å². The maximum absolute atomic E-state index is 12.2. The average Bonchev–Trinajstić information content (AvgIpc) is 2.61. The zero-order valence-corrected chi connectivity index (χ0v) is 16.0. The lowest BCUT2D eigenvalue weighted by Crippen LogP contribution is -2.49. The van der Waals surface area contributed by atoms with Crippen molar-refractivity contribution in [2.75, 3.05) is 26.2 Å². The molecule has 1 aliphatic rings. The van der Waals surface area contributed by atoms with Crippen LogP contribution in [0.2, 0.25) is 0 Å². The molecule has 0 radical (unpaired) electrons. The molecule has 2 amide bonds. The second-order valence-corrected chi connectivity index (χ2v) is 8.20. The minimum atomic E-state index is -3.78. The van der Waals surface area contributed by atoms with Gasteiger partial charge in [0.05, 0.1) is 18.0 Å². The molecule has 0 aliphatic carbocycles. The Labute approximate surface area is 154 Å². The van der Waals surface area contributed by atoms with Crippen LogP contribution >= 0.6 is 0 Å². The van der Waals surface area contributed by atoms with Crippen LogP contribution in [-0.2, 0) is 19.6 Å². The summed E-state index contributed by atoms with van der Waals surface area (Å²) < 4.78 is 26.7. The molecule has 144 valence electrons. The summed E-state index contributed by atoms with van der Waals surface area (Å²) in [5, 5.41) is 4.25. The normalized spacial score (nSPS) is 15.5. The van der Waals surface area contributed by atoms with Crippen LogP contribution in [0, 0.1) is 13.8 Å². The number of carbonyl (C=O) groups excluding carboxylic acids is 2. The van der Waals surface area contributed by atoms with Crippen molar-refractivity contribution >= 4 is 21.8 Å².